The van der Waals surface area contributed by atoms with Gasteiger partial charge in [-0.25, -0.2) is 4.98 Å². The molecule has 1 aromatic carbocycles. The molecule has 20 heavy (non-hydrogen) atoms. The molecule has 0 aliphatic rings. The van der Waals surface area contributed by atoms with Crippen LogP contribution in [0.4, 0.5) is 0 Å². The molecular formula is C17H18N2O. The third-order valence-electron chi connectivity index (χ3n) is 3.78. The number of benzene rings is 1. The van der Waals surface area contributed by atoms with Gasteiger partial charge in [-0.15, -0.1) is 0 Å². The highest BCUT2D eigenvalue weighted by Crippen LogP contribution is 2.27. The zero-order valence-electron chi connectivity index (χ0n) is 11.8. The summed E-state index contributed by atoms with van der Waals surface area (Å²) in [6.45, 7) is 4.29. The molecule has 3 rings (SSSR count). The Morgan fingerprint density at radius 3 is 2.80 bits per heavy atom. The summed E-state index contributed by atoms with van der Waals surface area (Å²) < 4.78 is 0. The molecule has 2 aromatic heterocycles. The highest BCUT2D eigenvalue weighted by atomic mass is 16.3. The Kier molecular flexibility index (Phi) is 3.28. The predicted octanol–water partition coefficient (Wildman–Crippen LogP) is 3.59. The zero-order valence-corrected chi connectivity index (χ0v) is 11.8. The van der Waals surface area contributed by atoms with E-state index in [0.717, 1.165) is 28.8 Å². The SMILES string of the molecule is CCc1c[nH]c2ncc(-c3ccc(CO)cc3C)cc12. The van der Waals surface area contributed by atoms with Crippen LogP contribution in [0.5, 0.6) is 0 Å². The molecule has 0 saturated heterocycles. The third-order valence-corrected chi connectivity index (χ3v) is 3.78. The van der Waals surface area contributed by atoms with Gasteiger partial charge in [0.1, 0.15) is 5.65 Å². The molecule has 0 spiro atoms. The Morgan fingerprint density at radius 2 is 2.10 bits per heavy atom. The maximum Gasteiger partial charge on any atom is 0.137 e. The van der Waals surface area contributed by atoms with Crippen LogP contribution in [0, 0.1) is 6.92 Å². The van der Waals surface area contributed by atoms with Gasteiger partial charge in [0.15, 0.2) is 0 Å². The van der Waals surface area contributed by atoms with Crippen LogP contribution in [0.3, 0.4) is 0 Å². The summed E-state index contributed by atoms with van der Waals surface area (Å²) in [5, 5.41) is 10.4. The molecule has 3 nitrogen and oxygen atoms in total. The maximum atomic E-state index is 9.19. The lowest BCUT2D eigenvalue weighted by molar-refractivity contribution is 0.282. The third kappa shape index (κ3) is 2.10. The van der Waals surface area contributed by atoms with Gasteiger partial charge in [-0.05, 0) is 41.7 Å². The van der Waals surface area contributed by atoms with E-state index in [1.54, 1.807) is 0 Å². The average Bonchev–Trinajstić information content (AvgIpc) is 2.89. The number of aryl methyl sites for hydroxylation is 2. The van der Waals surface area contributed by atoms with Crippen molar-refractivity contribution in [1.29, 1.82) is 0 Å². The topological polar surface area (TPSA) is 48.9 Å². The number of aromatic nitrogens is 2. The number of nitrogens with zero attached hydrogens (tertiary/aromatic N) is 1. The van der Waals surface area contributed by atoms with Crippen LogP contribution < -0.4 is 0 Å². The molecular weight excluding hydrogens is 248 g/mol. The van der Waals surface area contributed by atoms with Crippen molar-refractivity contribution in [2.45, 2.75) is 26.9 Å². The predicted molar refractivity (Wildman–Crippen MR) is 81.6 cm³/mol. The quantitative estimate of drug-likeness (QED) is 0.761. The Morgan fingerprint density at radius 1 is 1.25 bits per heavy atom. The van der Waals surface area contributed by atoms with Crippen molar-refractivity contribution in [3.05, 3.63) is 53.3 Å². The molecule has 0 fully saturated rings. The molecule has 0 radical (unpaired) electrons. The lowest BCUT2D eigenvalue weighted by Gasteiger charge is -2.08. The number of fused-ring (bicyclic) bond motifs is 1. The standard InChI is InChI=1S/C17H18N2O/c1-3-13-8-18-17-16(13)7-14(9-19-17)15-5-4-12(10-20)6-11(15)2/h4-9,20H,3,10H2,1-2H3,(H,18,19). The summed E-state index contributed by atoms with van der Waals surface area (Å²) in [6, 6.07) is 8.24. The van der Waals surface area contributed by atoms with Crippen molar-refractivity contribution in [3.8, 4) is 11.1 Å². The molecule has 0 atom stereocenters. The molecule has 2 heterocycles. The van der Waals surface area contributed by atoms with E-state index in [1.165, 1.54) is 16.5 Å². The molecule has 0 aliphatic carbocycles. The van der Waals surface area contributed by atoms with Gasteiger partial charge in [-0.3, -0.25) is 0 Å². The summed E-state index contributed by atoms with van der Waals surface area (Å²) in [5.41, 5.74) is 6.62. The van der Waals surface area contributed by atoms with Gasteiger partial charge in [0.25, 0.3) is 0 Å². The van der Waals surface area contributed by atoms with Crippen molar-refractivity contribution in [3.63, 3.8) is 0 Å². The number of hydrogen-bond donors (Lipinski definition) is 2. The monoisotopic (exact) mass is 266 g/mol. The zero-order chi connectivity index (χ0) is 14.1. The fourth-order valence-electron chi connectivity index (χ4n) is 2.65. The van der Waals surface area contributed by atoms with Crippen LogP contribution in [0.2, 0.25) is 0 Å². The number of aliphatic hydroxyl groups is 1. The van der Waals surface area contributed by atoms with Crippen LogP contribution in [-0.2, 0) is 13.0 Å². The van der Waals surface area contributed by atoms with E-state index >= 15 is 0 Å². The number of rotatable bonds is 3. The average molecular weight is 266 g/mol. The molecule has 0 bridgehead atoms. The molecule has 102 valence electrons. The highest BCUT2D eigenvalue weighted by Gasteiger charge is 2.08. The summed E-state index contributed by atoms with van der Waals surface area (Å²) in [6.07, 6.45) is 4.93. The summed E-state index contributed by atoms with van der Waals surface area (Å²) >= 11 is 0. The van der Waals surface area contributed by atoms with Crippen LogP contribution in [0.1, 0.15) is 23.6 Å². The van der Waals surface area contributed by atoms with Gasteiger partial charge in [0, 0.05) is 23.3 Å². The van der Waals surface area contributed by atoms with E-state index in [-0.39, 0.29) is 6.61 Å². The molecule has 2 N–H and O–H groups in total. The minimum atomic E-state index is 0.0796. The van der Waals surface area contributed by atoms with Gasteiger partial charge in [-0.1, -0.05) is 25.1 Å². The number of aromatic amines is 1. The van der Waals surface area contributed by atoms with E-state index in [2.05, 4.69) is 35.9 Å². The van der Waals surface area contributed by atoms with Crippen molar-refractivity contribution in [1.82, 2.24) is 9.97 Å². The first-order valence-corrected chi connectivity index (χ1v) is 6.89. The van der Waals surface area contributed by atoms with Gasteiger partial charge >= 0.3 is 0 Å². The lowest BCUT2D eigenvalue weighted by atomic mass is 9.98. The van der Waals surface area contributed by atoms with Crippen LogP contribution in [0.15, 0.2) is 36.7 Å². The van der Waals surface area contributed by atoms with Gasteiger partial charge < -0.3 is 10.1 Å². The normalized spacial score (nSPS) is 11.2. The number of nitrogens with one attached hydrogen (secondary N) is 1. The molecule has 3 heteroatoms. The Hall–Kier alpha value is -2.13. The summed E-state index contributed by atoms with van der Waals surface area (Å²) in [4.78, 5) is 7.71. The Bertz CT molecular complexity index is 759. The number of H-pyrrole nitrogens is 1. The van der Waals surface area contributed by atoms with E-state index in [1.807, 2.05) is 24.5 Å². The molecule has 3 aromatic rings. The fraction of sp³-hybridized carbons (Fsp3) is 0.235. The molecule has 0 amide bonds. The van der Waals surface area contributed by atoms with E-state index < -0.39 is 0 Å². The van der Waals surface area contributed by atoms with Crippen LogP contribution in [-0.4, -0.2) is 15.1 Å². The minimum Gasteiger partial charge on any atom is -0.392 e. The van der Waals surface area contributed by atoms with Crippen molar-refractivity contribution < 1.29 is 5.11 Å². The molecule has 0 aliphatic heterocycles. The van der Waals surface area contributed by atoms with E-state index in [9.17, 15) is 5.11 Å². The first kappa shape index (κ1) is 12.9. The second kappa shape index (κ2) is 5.10. The fourth-order valence-corrected chi connectivity index (χ4v) is 2.65. The second-order valence-electron chi connectivity index (χ2n) is 5.10. The minimum absolute atomic E-state index is 0.0796. The summed E-state index contributed by atoms with van der Waals surface area (Å²) in [7, 11) is 0. The van der Waals surface area contributed by atoms with Crippen LogP contribution >= 0.6 is 0 Å². The van der Waals surface area contributed by atoms with Crippen molar-refractivity contribution in [2.24, 2.45) is 0 Å². The Labute approximate surface area is 118 Å². The molecule has 0 saturated carbocycles. The Balaban J connectivity index is 2.14. The van der Waals surface area contributed by atoms with Crippen molar-refractivity contribution >= 4 is 11.0 Å². The largest absolute Gasteiger partial charge is 0.392 e. The van der Waals surface area contributed by atoms with Gasteiger partial charge in [0.2, 0.25) is 0 Å². The van der Waals surface area contributed by atoms with Crippen molar-refractivity contribution in [2.75, 3.05) is 0 Å². The second-order valence-corrected chi connectivity index (χ2v) is 5.10. The number of pyridine rings is 1. The van der Waals surface area contributed by atoms with Gasteiger partial charge in [-0.2, -0.15) is 0 Å². The van der Waals surface area contributed by atoms with E-state index in [4.69, 9.17) is 0 Å². The van der Waals surface area contributed by atoms with Gasteiger partial charge in [0.05, 0.1) is 6.61 Å². The maximum absolute atomic E-state index is 9.19. The first-order chi connectivity index (χ1) is 9.72. The molecule has 0 unspecified atom stereocenters. The lowest BCUT2D eigenvalue weighted by Crippen LogP contribution is -1.89. The number of aliphatic hydroxyl groups excluding tert-OH is 1. The van der Waals surface area contributed by atoms with Crippen LogP contribution in [0.25, 0.3) is 22.2 Å². The first-order valence-electron chi connectivity index (χ1n) is 6.89. The number of hydrogen-bond acceptors (Lipinski definition) is 2. The highest BCUT2D eigenvalue weighted by molar-refractivity contribution is 5.85. The van der Waals surface area contributed by atoms with E-state index in [0.29, 0.717) is 0 Å². The smallest absolute Gasteiger partial charge is 0.137 e. The summed E-state index contributed by atoms with van der Waals surface area (Å²) in [5.74, 6) is 0.